The van der Waals surface area contributed by atoms with Crippen molar-refractivity contribution >= 4 is 59.4 Å². The fraction of sp³-hybridized carbons (Fsp3) is 0.500. The predicted molar refractivity (Wildman–Crippen MR) is 43.3 cm³/mol. The third-order valence-electron chi connectivity index (χ3n) is 1.08. The number of rotatable bonds is 0. The van der Waals surface area contributed by atoms with Crippen molar-refractivity contribution < 1.29 is 9.59 Å². The van der Waals surface area contributed by atoms with Gasteiger partial charge in [-0.15, -0.1) is 0 Å². The van der Waals surface area contributed by atoms with Crippen molar-refractivity contribution in [3.8, 4) is 0 Å². The summed E-state index contributed by atoms with van der Waals surface area (Å²) >= 11 is 8.75. The number of hydrogen-bond acceptors (Lipinski definition) is 2. The number of ketones is 2. The highest BCUT2D eigenvalue weighted by molar-refractivity contribution is 9.26. The van der Waals surface area contributed by atoms with Crippen LogP contribution in [0.2, 0.25) is 0 Å². The van der Waals surface area contributed by atoms with Gasteiger partial charge in [0.05, 0.1) is 0 Å². The second kappa shape index (κ2) is 2.13. The molecule has 2 nitrogen and oxygen atoms in total. The van der Waals surface area contributed by atoms with E-state index < -0.39 is 8.06 Å². The zero-order valence-corrected chi connectivity index (χ0v) is 8.79. The molecule has 1 aliphatic carbocycles. The maximum absolute atomic E-state index is 10.7. The van der Waals surface area contributed by atoms with Crippen molar-refractivity contribution in [1.82, 2.24) is 0 Å². The molecule has 0 unspecified atom stereocenters. The third-order valence-corrected chi connectivity index (χ3v) is 3.47. The third kappa shape index (κ3) is 0.935. The molecule has 1 aliphatic rings. The first-order chi connectivity index (χ1) is 3.98. The van der Waals surface area contributed by atoms with Crippen LogP contribution in [0, 0.1) is 0 Å². The van der Waals surface area contributed by atoms with Crippen molar-refractivity contribution in [3.63, 3.8) is 0 Å². The van der Waals surface area contributed by atoms with E-state index >= 15 is 0 Å². The largest absolute Gasteiger partial charge is 0.295 e. The van der Waals surface area contributed by atoms with E-state index in [0.717, 1.165) is 0 Å². The second-order valence-corrected chi connectivity index (χ2v) is 6.02. The van der Waals surface area contributed by atoms with Crippen LogP contribution in [0.3, 0.4) is 0 Å². The molecule has 0 aromatic rings. The quantitative estimate of drug-likeness (QED) is 0.499. The Morgan fingerprint density at radius 3 is 1.67 bits per heavy atom. The zero-order chi connectivity index (χ0) is 7.23. The minimum Gasteiger partial charge on any atom is -0.295 e. The molecule has 1 saturated carbocycles. The molecule has 0 heterocycles. The minimum absolute atomic E-state index is 0.174. The Hall–Kier alpha value is 0.780. The maximum atomic E-state index is 10.7. The summed E-state index contributed by atoms with van der Waals surface area (Å²) in [6.07, 6.45) is 0. The molecule has 9 heavy (non-hydrogen) atoms. The van der Waals surface area contributed by atoms with Gasteiger partial charge in [0.15, 0.2) is 14.8 Å². The fourth-order valence-electron chi connectivity index (χ4n) is 0.481. The molecular formula is C4HBr3O2. The van der Waals surface area contributed by atoms with E-state index in [1.54, 1.807) is 0 Å². The minimum atomic E-state index is -1.09. The topological polar surface area (TPSA) is 34.1 Å². The molecule has 0 bridgehead atoms. The Bertz CT molecular complexity index is 168. The van der Waals surface area contributed by atoms with E-state index in [4.69, 9.17) is 0 Å². The van der Waals surface area contributed by atoms with Gasteiger partial charge in [-0.2, -0.15) is 0 Å². The van der Waals surface area contributed by atoms with Crippen LogP contribution < -0.4 is 0 Å². The van der Waals surface area contributed by atoms with Crippen LogP contribution in [0.4, 0.5) is 0 Å². The zero-order valence-electron chi connectivity index (χ0n) is 4.03. The first-order valence-electron chi connectivity index (χ1n) is 2.08. The fourth-order valence-corrected chi connectivity index (χ4v) is 3.31. The van der Waals surface area contributed by atoms with Crippen LogP contribution in [0.15, 0.2) is 0 Å². The molecular weight excluding hydrogens is 320 g/mol. The van der Waals surface area contributed by atoms with Crippen LogP contribution in [-0.4, -0.2) is 19.6 Å². The Kier molecular flexibility index (Phi) is 1.87. The van der Waals surface area contributed by atoms with Crippen LogP contribution in [0.25, 0.3) is 0 Å². The van der Waals surface area contributed by atoms with Crippen LogP contribution >= 0.6 is 47.8 Å². The summed E-state index contributed by atoms with van der Waals surface area (Å²) in [6.45, 7) is 0. The van der Waals surface area contributed by atoms with E-state index in [0.29, 0.717) is 0 Å². The maximum Gasteiger partial charge on any atom is 0.199 e. The highest BCUT2D eigenvalue weighted by Gasteiger charge is 2.58. The normalized spacial score (nSPS) is 26.1. The van der Waals surface area contributed by atoms with Gasteiger partial charge in [-0.25, -0.2) is 0 Å². The lowest BCUT2D eigenvalue weighted by molar-refractivity contribution is -0.135. The van der Waals surface area contributed by atoms with Gasteiger partial charge in [0, 0.05) is 0 Å². The number of alkyl halides is 3. The van der Waals surface area contributed by atoms with Crippen LogP contribution in [0.5, 0.6) is 0 Å². The number of carbonyl (C=O) groups is 2. The smallest absolute Gasteiger partial charge is 0.199 e. The van der Waals surface area contributed by atoms with Gasteiger partial charge < -0.3 is 0 Å². The Labute approximate surface area is 76.8 Å². The molecule has 0 spiro atoms. The molecule has 1 rings (SSSR count). The Morgan fingerprint density at radius 1 is 1.22 bits per heavy atom. The molecule has 50 valence electrons. The van der Waals surface area contributed by atoms with Crippen molar-refractivity contribution in [3.05, 3.63) is 0 Å². The summed E-state index contributed by atoms with van der Waals surface area (Å²) < 4.78 is -1.09. The van der Waals surface area contributed by atoms with E-state index in [9.17, 15) is 9.59 Å². The SMILES string of the molecule is O=C1C(Br)C(=O)C1(Br)Br. The molecule has 0 aromatic heterocycles. The average molecular weight is 321 g/mol. The first-order valence-corrected chi connectivity index (χ1v) is 4.58. The van der Waals surface area contributed by atoms with E-state index in [-0.39, 0.29) is 11.6 Å². The van der Waals surface area contributed by atoms with Gasteiger partial charge >= 0.3 is 0 Å². The van der Waals surface area contributed by atoms with Gasteiger partial charge in [0.25, 0.3) is 0 Å². The van der Waals surface area contributed by atoms with Crippen molar-refractivity contribution in [2.24, 2.45) is 0 Å². The summed E-state index contributed by atoms with van der Waals surface area (Å²) in [6, 6.07) is 0. The molecule has 0 N–H and O–H groups in total. The van der Waals surface area contributed by atoms with Crippen molar-refractivity contribution in [1.29, 1.82) is 0 Å². The second-order valence-electron chi connectivity index (χ2n) is 1.67. The summed E-state index contributed by atoms with van der Waals surface area (Å²) in [4.78, 5) is 20.8. The Balaban J connectivity index is 2.86. The van der Waals surface area contributed by atoms with Gasteiger partial charge in [-0.05, 0) is 0 Å². The molecule has 0 amide bonds. The number of hydrogen-bond donors (Lipinski definition) is 0. The van der Waals surface area contributed by atoms with Crippen LogP contribution in [-0.2, 0) is 9.59 Å². The number of Topliss-reactive ketones (excluding diaryl/α,β-unsaturated/α-hetero) is 2. The summed E-state index contributed by atoms with van der Waals surface area (Å²) in [5.74, 6) is -0.347. The van der Waals surface area contributed by atoms with E-state index in [1.165, 1.54) is 0 Å². The van der Waals surface area contributed by atoms with Gasteiger partial charge in [0.1, 0.15) is 4.83 Å². The molecule has 0 saturated heterocycles. The predicted octanol–water partition coefficient (Wildman–Crippen LogP) is 1.39. The molecule has 0 radical (unpaired) electrons. The first kappa shape index (κ1) is 7.88. The van der Waals surface area contributed by atoms with Crippen molar-refractivity contribution in [2.75, 3.05) is 0 Å². The standard InChI is InChI=1S/C4HBr3O2/c5-1-2(8)4(6,7)3(1)9/h1H. The van der Waals surface area contributed by atoms with Crippen LogP contribution in [0.1, 0.15) is 0 Å². The highest BCUT2D eigenvalue weighted by Crippen LogP contribution is 2.42. The van der Waals surface area contributed by atoms with Gasteiger partial charge in [-0.1, -0.05) is 47.8 Å². The lowest BCUT2D eigenvalue weighted by Gasteiger charge is -2.30. The average Bonchev–Trinajstić information content (AvgIpc) is 1.84. The molecule has 0 aromatic carbocycles. The van der Waals surface area contributed by atoms with E-state index in [2.05, 4.69) is 47.8 Å². The molecule has 1 fully saturated rings. The highest BCUT2D eigenvalue weighted by atomic mass is 79.9. The number of halogens is 3. The lowest BCUT2D eigenvalue weighted by Crippen LogP contribution is -2.57. The molecule has 5 heteroatoms. The van der Waals surface area contributed by atoms with E-state index in [1.807, 2.05) is 0 Å². The number of carbonyl (C=O) groups excluding carboxylic acids is 2. The monoisotopic (exact) mass is 318 g/mol. The van der Waals surface area contributed by atoms with Gasteiger partial charge in [0.2, 0.25) is 0 Å². The Morgan fingerprint density at radius 2 is 1.56 bits per heavy atom. The summed E-state index contributed by atoms with van der Waals surface area (Å²) in [7, 11) is 0. The summed E-state index contributed by atoms with van der Waals surface area (Å²) in [5, 5.41) is 0. The van der Waals surface area contributed by atoms with Gasteiger partial charge in [-0.3, -0.25) is 9.59 Å². The summed E-state index contributed by atoms with van der Waals surface area (Å²) in [5.41, 5.74) is 0. The molecule has 0 atom stereocenters. The molecule has 0 aliphatic heterocycles. The lowest BCUT2D eigenvalue weighted by atomic mass is 9.96. The van der Waals surface area contributed by atoms with Crippen molar-refractivity contribution in [2.45, 2.75) is 8.06 Å².